The Balaban J connectivity index is 1.80. The number of amides is 1. The summed E-state index contributed by atoms with van der Waals surface area (Å²) in [5.74, 6) is 0.800. The molecule has 0 radical (unpaired) electrons. The lowest BCUT2D eigenvalue weighted by molar-refractivity contribution is 0.0698. The lowest BCUT2D eigenvalue weighted by Gasteiger charge is -2.31. The van der Waals surface area contributed by atoms with E-state index in [1.54, 1.807) is 24.0 Å². The Hall–Kier alpha value is -2.16. The second kappa shape index (κ2) is 6.76. The normalized spacial score (nSPS) is 18.0. The first-order valence-electron chi connectivity index (χ1n) is 8.11. The Labute approximate surface area is 144 Å². The van der Waals surface area contributed by atoms with Crippen molar-refractivity contribution in [3.8, 4) is 0 Å². The van der Waals surface area contributed by atoms with Gasteiger partial charge in [0, 0.05) is 45.0 Å². The van der Waals surface area contributed by atoms with E-state index in [1.165, 1.54) is 16.0 Å². The number of carbonyl (C=O) groups excluding carboxylic acids is 1. The number of anilines is 1. The van der Waals surface area contributed by atoms with Crippen LogP contribution in [0.5, 0.6) is 0 Å². The van der Waals surface area contributed by atoms with Gasteiger partial charge in [0.2, 0.25) is 0 Å². The first kappa shape index (κ1) is 16.7. The fourth-order valence-electron chi connectivity index (χ4n) is 3.14. The average Bonchev–Trinajstić information content (AvgIpc) is 3.19. The second-order valence-electron chi connectivity index (χ2n) is 5.89. The number of piperidine rings is 1. The van der Waals surface area contributed by atoms with Gasteiger partial charge in [-0.05, 0) is 19.8 Å². The molecule has 0 spiro atoms. The zero-order valence-electron chi connectivity index (χ0n) is 14.2. The summed E-state index contributed by atoms with van der Waals surface area (Å²) in [7, 11) is 3.45. The van der Waals surface area contributed by atoms with Crippen LogP contribution < -0.4 is 11.0 Å². The molecular formula is C15H22N6O2S. The Bertz CT molecular complexity index is 792. The van der Waals surface area contributed by atoms with Crippen molar-refractivity contribution in [1.82, 2.24) is 24.2 Å². The molecule has 1 atom stereocenters. The first-order chi connectivity index (χ1) is 11.5. The highest BCUT2D eigenvalue weighted by Crippen LogP contribution is 2.26. The number of likely N-dealkylation sites (tertiary alicyclic amines) is 1. The van der Waals surface area contributed by atoms with Crippen LogP contribution in [0.2, 0.25) is 0 Å². The van der Waals surface area contributed by atoms with Crippen LogP contribution in [0.3, 0.4) is 0 Å². The Morgan fingerprint density at radius 1 is 1.50 bits per heavy atom. The molecule has 0 saturated carbocycles. The van der Waals surface area contributed by atoms with Gasteiger partial charge in [-0.15, -0.1) is 11.3 Å². The zero-order valence-corrected chi connectivity index (χ0v) is 15.0. The Morgan fingerprint density at radius 3 is 2.96 bits per heavy atom. The van der Waals surface area contributed by atoms with E-state index in [-0.39, 0.29) is 17.5 Å². The highest BCUT2D eigenvalue weighted by molar-refractivity contribution is 7.13. The number of thiazole rings is 1. The highest BCUT2D eigenvalue weighted by atomic mass is 32.1. The van der Waals surface area contributed by atoms with Crippen LogP contribution in [0.4, 0.5) is 5.13 Å². The average molecular weight is 350 g/mol. The third-order valence-electron chi connectivity index (χ3n) is 4.36. The number of carbonyl (C=O) groups is 1. The third kappa shape index (κ3) is 2.95. The van der Waals surface area contributed by atoms with Crippen molar-refractivity contribution in [3.63, 3.8) is 0 Å². The number of rotatable bonds is 4. The van der Waals surface area contributed by atoms with E-state index >= 15 is 0 Å². The highest BCUT2D eigenvalue weighted by Gasteiger charge is 2.30. The molecule has 9 heteroatoms. The van der Waals surface area contributed by atoms with Crippen molar-refractivity contribution in [2.45, 2.75) is 32.2 Å². The van der Waals surface area contributed by atoms with Gasteiger partial charge in [0.05, 0.1) is 0 Å². The molecule has 24 heavy (non-hydrogen) atoms. The first-order valence-corrected chi connectivity index (χ1v) is 8.99. The minimum absolute atomic E-state index is 0.0567. The summed E-state index contributed by atoms with van der Waals surface area (Å²) in [6.45, 7) is 3.81. The molecule has 1 fully saturated rings. The largest absolute Gasteiger partial charge is 0.365 e. The third-order valence-corrected chi connectivity index (χ3v) is 5.22. The predicted molar refractivity (Wildman–Crippen MR) is 92.7 cm³/mol. The molecule has 0 aromatic carbocycles. The minimum atomic E-state index is -0.103. The molecule has 3 heterocycles. The molecule has 1 amide bonds. The second-order valence-corrected chi connectivity index (χ2v) is 6.74. The van der Waals surface area contributed by atoms with E-state index in [2.05, 4.69) is 15.4 Å². The molecule has 0 unspecified atom stereocenters. The van der Waals surface area contributed by atoms with E-state index in [0.29, 0.717) is 25.3 Å². The van der Waals surface area contributed by atoms with Crippen molar-refractivity contribution in [3.05, 3.63) is 27.4 Å². The molecule has 1 aliphatic rings. The fourth-order valence-corrected chi connectivity index (χ4v) is 3.79. The van der Waals surface area contributed by atoms with Gasteiger partial charge in [0.15, 0.2) is 5.13 Å². The van der Waals surface area contributed by atoms with E-state index in [0.717, 1.165) is 23.8 Å². The molecule has 1 saturated heterocycles. The van der Waals surface area contributed by atoms with Crippen LogP contribution in [0.1, 0.15) is 42.0 Å². The van der Waals surface area contributed by atoms with Gasteiger partial charge in [0.25, 0.3) is 5.91 Å². The van der Waals surface area contributed by atoms with Crippen LogP contribution in [0.25, 0.3) is 0 Å². The summed E-state index contributed by atoms with van der Waals surface area (Å²) in [5, 5.41) is 9.85. The van der Waals surface area contributed by atoms with E-state index in [4.69, 9.17) is 0 Å². The maximum absolute atomic E-state index is 12.7. The molecule has 3 rings (SSSR count). The number of aromatic nitrogens is 4. The standard InChI is InChI=1S/C15H22N6O2S/c1-4-21-12(18-19(3)15(21)23)10-6-5-7-20(8-10)13(22)11-9-24-14(16-2)17-11/h9-10H,4-8H2,1-3H3,(H,16,17)/t10-/m0/s1. The maximum atomic E-state index is 12.7. The number of hydrogen-bond acceptors (Lipinski definition) is 6. The van der Waals surface area contributed by atoms with Gasteiger partial charge in [0.1, 0.15) is 11.5 Å². The maximum Gasteiger partial charge on any atom is 0.345 e. The van der Waals surface area contributed by atoms with Crippen molar-refractivity contribution in [2.75, 3.05) is 25.5 Å². The summed E-state index contributed by atoms with van der Waals surface area (Å²) < 4.78 is 3.07. The Kier molecular flexibility index (Phi) is 4.70. The SMILES string of the molecule is CCn1c([C@H]2CCCN(C(=O)c3csc(NC)n3)C2)nn(C)c1=O. The number of aryl methyl sites for hydroxylation is 1. The molecule has 8 nitrogen and oxygen atoms in total. The van der Waals surface area contributed by atoms with E-state index in [9.17, 15) is 9.59 Å². The smallest absolute Gasteiger partial charge is 0.345 e. The van der Waals surface area contributed by atoms with Crippen molar-refractivity contribution < 1.29 is 4.79 Å². The topological polar surface area (TPSA) is 85.1 Å². The van der Waals surface area contributed by atoms with Gasteiger partial charge >= 0.3 is 5.69 Å². The van der Waals surface area contributed by atoms with Crippen LogP contribution >= 0.6 is 11.3 Å². The molecule has 1 aliphatic heterocycles. The quantitative estimate of drug-likeness (QED) is 0.893. The number of hydrogen-bond donors (Lipinski definition) is 1. The van der Waals surface area contributed by atoms with Crippen molar-refractivity contribution in [1.29, 1.82) is 0 Å². The lowest BCUT2D eigenvalue weighted by atomic mass is 9.97. The molecular weight excluding hydrogens is 328 g/mol. The monoisotopic (exact) mass is 350 g/mol. The van der Waals surface area contributed by atoms with E-state index < -0.39 is 0 Å². The molecule has 1 N–H and O–H groups in total. The number of nitrogens with zero attached hydrogens (tertiary/aromatic N) is 5. The summed E-state index contributed by atoms with van der Waals surface area (Å²) in [4.78, 5) is 30.9. The van der Waals surface area contributed by atoms with Gasteiger partial charge in [-0.1, -0.05) is 0 Å². The molecule has 2 aromatic heterocycles. The summed E-state index contributed by atoms with van der Waals surface area (Å²) in [5.41, 5.74) is 0.369. The van der Waals surface area contributed by atoms with E-state index in [1.807, 2.05) is 11.8 Å². The molecule has 0 bridgehead atoms. The summed E-state index contributed by atoms with van der Waals surface area (Å²) >= 11 is 1.42. The predicted octanol–water partition coefficient (Wildman–Crippen LogP) is 1.12. The van der Waals surface area contributed by atoms with Gasteiger partial charge in [-0.25, -0.2) is 14.5 Å². The summed E-state index contributed by atoms with van der Waals surface area (Å²) in [6, 6.07) is 0. The van der Waals surface area contributed by atoms with Crippen LogP contribution in [-0.4, -0.2) is 50.3 Å². The Morgan fingerprint density at radius 2 is 2.29 bits per heavy atom. The molecule has 130 valence electrons. The minimum Gasteiger partial charge on any atom is -0.365 e. The van der Waals surface area contributed by atoms with Crippen molar-refractivity contribution in [2.24, 2.45) is 7.05 Å². The van der Waals surface area contributed by atoms with Crippen LogP contribution in [-0.2, 0) is 13.6 Å². The lowest BCUT2D eigenvalue weighted by Crippen LogP contribution is -2.40. The van der Waals surface area contributed by atoms with Gasteiger partial charge in [-0.2, -0.15) is 5.10 Å². The van der Waals surface area contributed by atoms with Crippen LogP contribution in [0.15, 0.2) is 10.2 Å². The fraction of sp³-hybridized carbons (Fsp3) is 0.600. The number of nitrogens with one attached hydrogen (secondary N) is 1. The zero-order chi connectivity index (χ0) is 17.3. The van der Waals surface area contributed by atoms with Gasteiger partial charge < -0.3 is 10.2 Å². The molecule has 2 aromatic rings. The van der Waals surface area contributed by atoms with Crippen LogP contribution in [0, 0.1) is 0 Å². The summed E-state index contributed by atoms with van der Waals surface area (Å²) in [6.07, 6.45) is 1.83. The molecule has 0 aliphatic carbocycles. The van der Waals surface area contributed by atoms with Gasteiger partial charge in [-0.3, -0.25) is 9.36 Å². The van der Waals surface area contributed by atoms with Crippen molar-refractivity contribution >= 4 is 22.4 Å².